The van der Waals surface area contributed by atoms with Gasteiger partial charge in [0.2, 0.25) is 0 Å². The van der Waals surface area contributed by atoms with Gasteiger partial charge in [-0.2, -0.15) is 0 Å². The van der Waals surface area contributed by atoms with Crippen LogP contribution in [0, 0.1) is 0 Å². The van der Waals surface area contributed by atoms with Gasteiger partial charge in [-0.1, -0.05) is 45.0 Å². The molecule has 21 heavy (non-hydrogen) atoms. The summed E-state index contributed by atoms with van der Waals surface area (Å²) < 4.78 is 0. The second kappa shape index (κ2) is 6.76. The SMILES string of the molecule is CCCNC(=O)c1c(-c2ccc(C(C)C)cc2)csc1N. The summed E-state index contributed by atoms with van der Waals surface area (Å²) in [5.41, 5.74) is 9.83. The molecule has 0 aliphatic heterocycles. The molecular weight excluding hydrogens is 280 g/mol. The number of thiophene rings is 1. The monoisotopic (exact) mass is 302 g/mol. The Morgan fingerprint density at radius 3 is 2.52 bits per heavy atom. The first-order valence-electron chi connectivity index (χ1n) is 7.30. The zero-order chi connectivity index (χ0) is 15.4. The summed E-state index contributed by atoms with van der Waals surface area (Å²) in [6.07, 6.45) is 0.911. The van der Waals surface area contributed by atoms with E-state index in [1.54, 1.807) is 0 Å². The fourth-order valence-electron chi connectivity index (χ4n) is 2.19. The fraction of sp³-hybridized carbons (Fsp3) is 0.353. The summed E-state index contributed by atoms with van der Waals surface area (Å²) in [6.45, 7) is 7.03. The van der Waals surface area contributed by atoms with Gasteiger partial charge in [-0.25, -0.2) is 0 Å². The third kappa shape index (κ3) is 3.45. The van der Waals surface area contributed by atoms with Crippen molar-refractivity contribution in [1.82, 2.24) is 5.32 Å². The van der Waals surface area contributed by atoms with E-state index in [9.17, 15) is 4.79 Å². The van der Waals surface area contributed by atoms with Crippen LogP contribution in [0.5, 0.6) is 0 Å². The average Bonchev–Trinajstić information content (AvgIpc) is 2.86. The number of nitrogens with two attached hydrogens (primary N) is 1. The highest BCUT2D eigenvalue weighted by Gasteiger charge is 2.18. The van der Waals surface area contributed by atoms with Gasteiger partial charge < -0.3 is 11.1 Å². The standard InChI is InChI=1S/C17H22N2OS/c1-4-9-19-17(20)15-14(10-21-16(15)18)13-7-5-12(6-8-13)11(2)3/h5-8,10-11H,4,9,18H2,1-3H3,(H,19,20). The molecule has 0 radical (unpaired) electrons. The van der Waals surface area contributed by atoms with Gasteiger partial charge in [-0.3, -0.25) is 4.79 Å². The van der Waals surface area contributed by atoms with Crippen molar-refractivity contribution in [2.24, 2.45) is 0 Å². The van der Waals surface area contributed by atoms with E-state index < -0.39 is 0 Å². The Morgan fingerprint density at radius 1 is 1.29 bits per heavy atom. The number of carbonyl (C=O) groups excluding carboxylic acids is 1. The summed E-state index contributed by atoms with van der Waals surface area (Å²) in [4.78, 5) is 12.3. The van der Waals surface area contributed by atoms with Crippen LogP contribution >= 0.6 is 11.3 Å². The number of hydrogen-bond acceptors (Lipinski definition) is 3. The molecule has 1 amide bonds. The average molecular weight is 302 g/mol. The highest BCUT2D eigenvalue weighted by Crippen LogP contribution is 2.34. The van der Waals surface area contributed by atoms with Gasteiger partial charge in [-0.15, -0.1) is 11.3 Å². The molecule has 0 unspecified atom stereocenters. The highest BCUT2D eigenvalue weighted by molar-refractivity contribution is 7.15. The molecule has 0 bridgehead atoms. The second-order valence-corrected chi connectivity index (χ2v) is 6.33. The van der Waals surface area contributed by atoms with Gasteiger partial charge in [0.15, 0.2) is 0 Å². The zero-order valence-electron chi connectivity index (χ0n) is 12.8. The third-order valence-electron chi connectivity index (χ3n) is 3.47. The molecule has 3 nitrogen and oxygen atoms in total. The lowest BCUT2D eigenvalue weighted by Gasteiger charge is -2.09. The summed E-state index contributed by atoms with van der Waals surface area (Å²) in [7, 11) is 0. The third-order valence-corrected chi connectivity index (χ3v) is 4.28. The Kier molecular flexibility index (Phi) is 5.02. The van der Waals surface area contributed by atoms with E-state index in [4.69, 9.17) is 5.73 Å². The van der Waals surface area contributed by atoms with Crippen LogP contribution < -0.4 is 11.1 Å². The number of nitrogen functional groups attached to an aromatic ring is 1. The van der Waals surface area contributed by atoms with Gasteiger partial charge in [-0.05, 0) is 23.5 Å². The van der Waals surface area contributed by atoms with Crippen molar-refractivity contribution in [1.29, 1.82) is 0 Å². The molecule has 4 heteroatoms. The van der Waals surface area contributed by atoms with Crippen LogP contribution in [0.25, 0.3) is 11.1 Å². The lowest BCUT2D eigenvalue weighted by atomic mass is 9.98. The normalized spacial score (nSPS) is 10.9. The van der Waals surface area contributed by atoms with Crippen molar-refractivity contribution in [3.05, 3.63) is 40.8 Å². The maximum Gasteiger partial charge on any atom is 0.254 e. The van der Waals surface area contributed by atoms with E-state index >= 15 is 0 Å². The number of rotatable bonds is 5. The minimum absolute atomic E-state index is 0.0847. The smallest absolute Gasteiger partial charge is 0.254 e. The van der Waals surface area contributed by atoms with Crippen LogP contribution in [0.4, 0.5) is 5.00 Å². The molecule has 112 valence electrons. The van der Waals surface area contributed by atoms with Crippen LogP contribution in [0.2, 0.25) is 0 Å². The minimum Gasteiger partial charge on any atom is -0.390 e. The van der Waals surface area contributed by atoms with Gasteiger partial charge in [0.25, 0.3) is 5.91 Å². The first-order valence-corrected chi connectivity index (χ1v) is 8.18. The molecule has 0 saturated carbocycles. The van der Waals surface area contributed by atoms with Crippen molar-refractivity contribution >= 4 is 22.2 Å². The molecule has 1 heterocycles. The van der Waals surface area contributed by atoms with Gasteiger partial charge in [0.05, 0.1) is 10.6 Å². The van der Waals surface area contributed by atoms with Gasteiger partial charge >= 0.3 is 0 Å². The predicted octanol–water partition coefficient (Wildman–Crippen LogP) is 4.26. The largest absolute Gasteiger partial charge is 0.390 e. The lowest BCUT2D eigenvalue weighted by Crippen LogP contribution is -2.24. The number of nitrogens with one attached hydrogen (secondary N) is 1. The van der Waals surface area contributed by atoms with Crippen LogP contribution in [-0.4, -0.2) is 12.5 Å². The Labute approximate surface area is 130 Å². The van der Waals surface area contributed by atoms with E-state index in [1.807, 2.05) is 12.3 Å². The molecule has 3 N–H and O–H groups in total. The van der Waals surface area contributed by atoms with Crippen LogP contribution in [-0.2, 0) is 0 Å². The fourth-order valence-corrected chi connectivity index (χ4v) is 3.01. The van der Waals surface area contributed by atoms with E-state index in [-0.39, 0.29) is 5.91 Å². The summed E-state index contributed by atoms with van der Waals surface area (Å²) in [5.74, 6) is 0.414. The molecule has 0 spiro atoms. The van der Waals surface area contributed by atoms with Crippen LogP contribution in [0.15, 0.2) is 29.6 Å². The van der Waals surface area contributed by atoms with Gasteiger partial charge in [0.1, 0.15) is 0 Å². The Balaban J connectivity index is 2.34. The second-order valence-electron chi connectivity index (χ2n) is 5.42. The molecule has 0 aliphatic rings. The molecule has 2 aromatic rings. The topological polar surface area (TPSA) is 55.1 Å². The molecular formula is C17H22N2OS. The van der Waals surface area contributed by atoms with E-state index in [2.05, 4.69) is 43.4 Å². The highest BCUT2D eigenvalue weighted by atomic mass is 32.1. The number of hydrogen-bond donors (Lipinski definition) is 2. The maximum atomic E-state index is 12.3. The first-order chi connectivity index (χ1) is 10.0. The maximum absolute atomic E-state index is 12.3. The number of amides is 1. The zero-order valence-corrected chi connectivity index (χ0v) is 13.6. The molecule has 1 aromatic carbocycles. The van der Waals surface area contributed by atoms with E-state index in [0.29, 0.717) is 23.0 Å². The molecule has 0 atom stereocenters. The van der Waals surface area contributed by atoms with Crippen LogP contribution in [0.3, 0.4) is 0 Å². The quantitative estimate of drug-likeness (QED) is 0.867. The summed E-state index contributed by atoms with van der Waals surface area (Å²) in [5, 5.41) is 5.44. The van der Waals surface area contributed by atoms with E-state index in [0.717, 1.165) is 17.5 Å². The Morgan fingerprint density at radius 2 is 1.95 bits per heavy atom. The Hall–Kier alpha value is -1.81. The number of carbonyl (C=O) groups is 1. The first kappa shape index (κ1) is 15.6. The molecule has 1 aromatic heterocycles. The Bertz CT molecular complexity index is 614. The van der Waals surface area contributed by atoms with Crippen LogP contribution in [0.1, 0.15) is 49.0 Å². The molecule has 0 saturated heterocycles. The summed E-state index contributed by atoms with van der Waals surface area (Å²) in [6, 6.07) is 8.35. The van der Waals surface area contributed by atoms with Crippen molar-refractivity contribution in [2.75, 3.05) is 12.3 Å². The van der Waals surface area contributed by atoms with Crippen molar-refractivity contribution in [3.8, 4) is 11.1 Å². The van der Waals surface area contributed by atoms with E-state index in [1.165, 1.54) is 16.9 Å². The van der Waals surface area contributed by atoms with Crippen molar-refractivity contribution in [3.63, 3.8) is 0 Å². The minimum atomic E-state index is -0.0847. The molecule has 2 rings (SSSR count). The number of benzene rings is 1. The van der Waals surface area contributed by atoms with Gasteiger partial charge in [0, 0.05) is 17.5 Å². The lowest BCUT2D eigenvalue weighted by molar-refractivity contribution is 0.0955. The van der Waals surface area contributed by atoms with Crippen molar-refractivity contribution in [2.45, 2.75) is 33.1 Å². The number of anilines is 1. The predicted molar refractivity (Wildman–Crippen MR) is 90.9 cm³/mol. The molecule has 0 aliphatic carbocycles. The van der Waals surface area contributed by atoms with Crippen molar-refractivity contribution < 1.29 is 4.79 Å². The summed E-state index contributed by atoms with van der Waals surface area (Å²) >= 11 is 1.42. The molecule has 0 fully saturated rings.